The standard InChI is InChI=1S/C15H23N3S/c1-10-5-6-12(15(16)19)13(7-10)18-8-11(2)14(9-18)17(3)4/h5-7,11,14H,8-9H2,1-4H3,(H2,16,19). The van der Waals surface area contributed by atoms with Crippen LogP contribution in [-0.4, -0.2) is 43.1 Å². The molecule has 1 fully saturated rings. The van der Waals surface area contributed by atoms with Gasteiger partial charge in [-0.15, -0.1) is 0 Å². The van der Waals surface area contributed by atoms with Crippen LogP contribution >= 0.6 is 12.2 Å². The summed E-state index contributed by atoms with van der Waals surface area (Å²) in [7, 11) is 4.30. The predicted octanol–water partition coefficient (Wildman–Crippen LogP) is 2.02. The van der Waals surface area contributed by atoms with Gasteiger partial charge in [0, 0.05) is 30.4 Å². The number of aryl methyl sites for hydroxylation is 1. The van der Waals surface area contributed by atoms with Crippen molar-refractivity contribution in [2.75, 3.05) is 32.1 Å². The normalized spacial score (nSPS) is 23.1. The number of thiocarbonyl (C=S) groups is 1. The Morgan fingerprint density at radius 3 is 2.58 bits per heavy atom. The second-order valence-electron chi connectivity index (χ2n) is 5.80. The molecule has 1 aliphatic rings. The maximum atomic E-state index is 5.86. The van der Waals surface area contributed by atoms with Crippen molar-refractivity contribution in [1.82, 2.24) is 4.90 Å². The van der Waals surface area contributed by atoms with Gasteiger partial charge in [0.1, 0.15) is 4.99 Å². The number of hydrogen-bond acceptors (Lipinski definition) is 3. The third-order valence-corrected chi connectivity index (χ3v) is 4.22. The molecule has 104 valence electrons. The largest absolute Gasteiger partial charge is 0.389 e. The Hall–Kier alpha value is -1.13. The Balaban J connectivity index is 2.33. The van der Waals surface area contributed by atoms with Crippen molar-refractivity contribution in [3.8, 4) is 0 Å². The number of hydrogen-bond donors (Lipinski definition) is 1. The van der Waals surface area contributed by atoms with Crippen molar-refractivity contribution in [1.29, 1.82) is 0 Å². The highest BCUT2D eigenvalue weighted by Crippen LogP contribution is 2.29. The van der Waals surface area contributed by atoms with Crippen LogP contribution in [0.25, 0.3) is 0 Å². The minimum atomic E-state index is 0.482. The molecule has 1 aromatic rings. The summed E-state index contributed by atoms with van der Waals surface area (Å²) in [5, 5.41) is 0. The fourth-order valence-electron chi connectivity index (χ4n) is 2.93. The first-order valence-corrected chi connectivity index (χ1v) is 7.12. The van der Waals surface area contributed by atoms with Gasteiger partial charge in [0.25, 0.3) is 0 Å². The first-order valence-electron chi connectivity index (χ1n) is 6.72. The van der Waals surface area contributed by atoms with E-state index < -0.39 is 0 Å². The molecule has 0 bridgehead atoms. The van der Waals surface area contributed by atoms with Gasteiger partial charge in [-0.3, -0.25) is 0 Å². The molecule has 2 N–H and O–H groups in total. The highest BCUT2D eigenvalue weighted by atomic mass is 32.1. The summed E-state index contributed by atoms with van der Waals surface area (Å²) < 4.78 is 0. The Morgan fingerprint density at radius 2 is 2.05 bits per heavy atom. The monoisotopic (exact) mass is 277 g/mol. The summed E-state index contributed by atoms with van der Waals surface area (Å²) in [6.07, 6.45) is 0. The molecule has 2 atom stereocenters. The molecule has 1 aliphatic heterocycles. The summed E-state index contributed by atoms with van der Waals surface area (Å²) in [5.74, 6) is 0.648. The van der Waals surface area contributed by atoms with E-state index >= 15 is 0 Å². The van der Waals surface area contributed by atoms with Gasteiger partial charge < -0.3 is 15.5 Å². The van der Waals surface area contributed by atoms with Crippen LogP contribution in [0.2, 0.25) is 0 Å². The van der Waals surface area contributed by atoms with E-state index in [4.69, 9.17) is 18.0 Å². The van der Waals surface area contributed by atoms with Crippen molar-refractivity contribution in [3.63, 3.8) is 0 Å². The molecule has 1 heterocycles. The fourth-order valence-corrected chi connectivity index (χ4v) is 3.10. The summed E-state index contributed by atoms with van der Waals surface area (Å²) >= 11 is 5.18. The van der Waals surface area contributed by atoms with E-state index in [-0.39, 0.29) is 0 Å². The topological polar surface area (TPSA) is 32.5 Å². The molecule has 1 saturated heterocycles. The second-order valence-corrected chi connectivity index (χ2v) is 6.24. The number of nitrogens with zero attached hydrogens (tertiary/aromatic N) is 2. The molecule has 0 spiro atoms. The SMILES string of the molecule is Cc1ccc(C(N)=S)c(N2CC(C)C(N(C)C)C2)c1. The molecule has 1 aromatic carbocycles. The lowest BCUT2D eigenvalue weighted by atomic mass is 10.1. The van der Waals surface area contributed by atoms with Gasteiger partial charge in [-0.05, 0) is 44.6 Å². The number of rotatable bonds is 3. The quantitative estimate of drug-likeness (QED) is 0.857. The molecular formula is C15H23N3S. The molecule has 2 rings (SSSR count). The third kappa shape index (κ3) is 2.90. The molecule has 3 nitrogen and oxygen atoms in total. The predicted molar refractivity (Wildman–Crippen MR) is 85.9 cm³/mol. The van der Waals surface area contributed by atoms with E-state index in [0.29, 0.717) is 16.9 Å². The number of benzene rings is 1. The number of anilines is 1. The summed E-state index contributed by atoms with van der Waals surface area (Å²) in [4.78, 5) is 5.20. The lowest BCUT2D eigenvalue weighted by Gasteiger charge is -2.24. The van der Waals surface area contributed by atoms with E-state index in [1.165, 1.54) is 11.3 Å². The summed E-state index contributed by atoms with van der Waals surface area (Å²) in [6, 6.07) is 6.89. The van der Waals surface area contributed by atoms with Crippen LogP contribution < -0.4 is 10.6 Å². The smallest absolute Gasteiger partial charge is 0.106 e. The maximum Gasteiger partial charge on any atom is 0.106 e. The molecule has 0 aliphatic carbocycles. The molecule has 0 saturated carbocycles. The van der Waals surface area contributed by atoms with Crippen molar-refractivity contribution in [2.45, 2.75) is 19.9 Å². The van der Waals surface area contributed by atoms with Crippen molar-refractivity contribution >= 4 is 22.9 Å². The Kier molecular flexibility index (Phi) is 4.11. The zero-order chi connectivity index (χ0) is 14.2. The van der Waals surface area contributed by atoms with Crippen LogP contribution in [0.3, 0.4) is 0 Å². The van der Waals surface area contributed by atoms with Crippen molar-refractivity contribution in [2.24, 2.45) is 11.7 Å². The van der Waals surface area contributed by atoms with Gasteiger partial charge in [0.2, 0.25) is 0 Å². The van der Waals surface area contributed by atoms with E-state index in [9.17, 15) is 0 Å². The lowest BCUT2D eigenvalue weighted by Crippen LogP contribution is -2.34. The molecule has 0 aromatic heterocycles. The zero-order valence-electron chi connectivity index (χ0n) is 12.2. The van der Waals surface area contributed by atoms with Crippen LogP contribution in [0.15, 0.2) is 18.2 Å². The van der Waals surface area contributed by atoms with E-state index in [1.807, 2.05) is 6.07 Å². The van der Waals surface area contributed by atoms with Gasteiger partial charge in [-0.25, -0.2) is 0 Å². The average molecular weight is 277 g/mol. The maximum absolute atomic E-state index is 5.86. The van der Waals surface area contributed by atoms with E-state index in [0.717, 1.165) is 18.7 Å². The first-order chi connectivity index (χ1) is 8.90. The first kappa shape index (κ1) is 14.3. The van der Waals surface area contributed by atoms with Gasteiger partial charge in [0.15, 0.2) is 0 Å². The average Bonchev–Trinajstić information content (AvgIpc) is 2.70. The number of likely N-dealkylation sites (N-methyl/N-ethyl adjacent to an activating group) is 1. The van der Waals surface area contributed by atoms with Crippen LogP contribution in [0, 0.1) is 12.8 Å². The summed E-state index contributed by atoms with van der Waals surface area (Å²) in [5.41, 5.74) is 9.28. The highest BCUT2D eigenvalue weighted by molar-refractivity contribution is 7.80. The number of nitrogens with two attached hydrogens (primary N) is 1. The highest BCUT2D eigenvalue weighted by Gasteiger charge is 2.32. The zero-order valence-corrected chi connectivity index (χ0v) is 13.0. The van der Waals surface area contributed by atoms with Crippen molar-refractivity contribution in [3.05, 3.63) is 29.3 Å². The van der Waals surface area contributed by atoms with Gasteiger partial charge in [-0.1, -0.05) is 25.2 Å². The second kappa shape index (κ2) is 5.47. The van der Waals surface area contributed by atoms with E-state index in [2.05, 4.69) is 49.9 Å². The van der Waals surface area contributed by atoms with Gasteiger partial charge in [-0.2, -0.15) is 0 Å². The molecule has 19 heavy (non-hydrogen) atoms. The van der Waals surface area contributed by atoms with Crippen LogP contribution in [0.1, 0.15) is 18.1 Å². The Morgan fingerprint density at radius 1 is 1.37 bits per heavy atom. The van der Waals surface area contributed by atoms with Crippen LogP contribution in [-0.2, 0) is 0 Å². The Labute approximate surface area is 121 Å². The molecular weight excluding hydrogens is 254 g/mol. The molecule has 0 radical (unpaired) electrons. The molecule has 4 heteroatoms. The minimum Gasteiger partial charge on any atom is -0.389 e. The molecule has 2 unspecified atom stereocenters. The lowest BCUT2D eigenvalue weighted by molar-refractivity contribution is 0.266. The van der Waals surface area contributed by atoms with Gasteiger partial charge in [0.05, 0.1) is 0 Å². The fraction of sp³-hybridized carbons (Fsp3) is 0.533. The minimum absolute atomic E-state index is 0.482. The molecule has 0 amide bonds. The van der Waals surface area contributed by atoms with Crippen molar-refractivity contribution < 1.29 is 0 Å². The van der Waals surface area contributed by atoms with E-state index in [1.54, 1.807) is 0 Å². The van der Waals surface area contributed by atoms with Crippen LogP contribution in [0.5, 0.6) is 0 Å². The third-order valence-electron chi connectivity index (χ3n) is 4.00. The summed E-state index contributed by atoms with van der Waals surface area (Å²) in [6.45, 7) is 6.51. The van der Waals surface area contributed by atoms with Crippen LogP contribution in [0.4, 0.5) is 5.69 Å². The Bertz CT molecular complexity index is 484. The van der Waals surface area contributed by atoms with Gasteiger partial charge >= 0.3 is 0 Å².